The molecule has 1 heterocycles. The molecule has 0 N–H and O–H groups in total. The second-order valence-corrected chi connectivity index (χ2v) is 4.45. The van der Waals surface area contributed by atoms with E-state index in [1.165, 1.54) is 32.1 Å². The molecule has 1 fully saturated rings. The van der Waals surface area contributed by atoms with Crippen LogP contribution >= 0.6 is 11.6 Å². The van der Waals surface area contributed by atoms with Gasteiger partial charge >= 0.3 is 0 Å². The molecule has 0 saturated heterocycles. The van der Waals surface area contributed by atoms with E-state index in [4.69, 9.17) is 16.3 Å². The maximum Gasteiger partial charge on any atom is 0.129 e. The van der Waals surface area contributed by atoms with Gasteiger partial charge in [-0.05, 0) is 30.5 Å². The Bertz CT molecular complexity index is 310. The normalized spacial score (nSPS) is 17.9. The minimum Gasteiger partial charge on any atom is -0.374 e. The van der Waals surface area contributed by atoms with Gasteiger partial charge in [-0.15, -0.1) is 0 Å². The molecule has 0 unspecified atom stereocenters. The van der Waals surface area contributed by atoms with Gasteiger partial charge in [-0.1, -0.05) is 30.9 Å². The van der Waals surface area contributed by atoms with E-state index in [1.807, 2.05) is 12.1 Å². The van der Waals surface area contributed by atoms with Gasteiger partial charge < -0.3 is 4.74 Å². The minimum absolute atomic E-state index is 0.450. The molecule has 1 aromatic heterocycles. The lowest BCUT2D eigenvalue weighted by molar-refractivity contribution is 0.0168. The Balaban J connectivity index is 1.81. The molecule has 0 bridgehead atoms. The van der Waals surface area contributed by atoms with Crippen LogP contribution in [0.3, 0.4) is 0 Å². The van der Waals surface area contributed by atoms with Crippen LogP contribution in [0.2, 0.25) is 5.15 Å². The van der Waals surface area contributed by atoms with Crippen LogP contribution in [0, 0.1) is 0 Å². The predicted octanol–water partition coefficient (Wildman–Crippen LogP) is 3.58. The van der Waals surface area contributed by atoms with Gasteiger partial charge in [-0.2, -0.15) is 0 Å². The Morgan fingerprint density at radius 1 is 1.33 bits per heavy atom. The quantitative estimate of drug-likeness (QED) is 0.734. The van der Waals surface area contributed by atoms with Crippen LogP contribution in [0.15, 0.2) is 18.3 Å². The summed E-state index contributed by atoms with van der Waals surface area (Å²) in [4.78, 5) is 3.94. The van der Waals surface area contributed by atoms with Crippen LogP contribution < -0.4 is 0 Å². The van der Waals surface area contributed by atoms with E-state index in [1.54, 1.807) is 6.20 Å². The fraction of sp³-hybridized carbons (Fsp3) is 0.583. The number of pyridine rings is 1. The molecule has 0 atom stereocenters. The number of ether oxygens (including phenoxy) is 1. The molecular weight excluding hydrogens is 210 g/mol. The Morgan fingerprint density at radius 3 is 2.87 bits per heavy atom. The third-order valence-corrected chi connectivity index (χ3v) is 3.04. The van der Waals surface area contributed by atoms with Crippen LogP contribution in [0.1, 0.15) is 37.7 Å². The molecular formula is C12H16ClNO. The molecule has 82 valence electrons. The first-order valence-electron chi connectivity index (χ1n) is 5.56. The van der Waals surface area contributed by atoms with Gasteiger partial charge in [0.05, 0.1) is 12.7 Å². The van der Waals surface area contributed by atoms with Crippen LogP contribution in [-0.2, 0) is 11.3 Å². The van der Waals surface area contributed by atoms with Crippen molar-refractivity contribution < 1.29 is 4.74 Å². The Labute approximate surface area is 95.6 Å². The molecule has 0 aromatic carbocycles. The van der Waals surface area contributed by atoms with Crippen molar-refractivity contribution in [1.29, 1.82) is 0 Å². The molecule has 0 radical (unpaired) electrons. The summed E-state index contributed by atoms with van der Waals surface area (Å²) in [6.07, 6.45) is 8.56. The molecule has 1 aliphatic rings. The van der Waals surface area contributed by atoms with Crippen molar-refractivity contribution in [2.75, 3.05) is 0 Å². The summed E-state index contributed by atoms with van der Waals surface area (Å²) in [5.41, 5.74) is 1.11. The summed E-state index contributed by atoms with van der Waals surface area (Å²) in [7, 11) is 0. The third kappa shape index (κ3) is 3.47. The lowest BCUT2D eigenvalue weighted by atomic mass is 9.98. The minimum atomic E-state index is 0.450. The zero-order chi connectivity index (χ0) is 10.5. The summed E-state index contributed by atoms with van der Waals surface area (Å²) in [5, 5.41) is 0.541. The molecule has 2 rings (SSSR count). The number of halogens is 1. The van der Waals surface area contributed by atoms with Crippen molar-refractivity contribution in [3.63, 3.8) is 0 Å². The van der Waals surface area contributed by atoms with E-state index in [-0.39, 0.29) is 0 Å². The van der Waals surface area contributed by atoms with E-state index in [9.17, 15) is 0 Å². The highest BCUT2D eigenvalue weighted by atomic mass is 35.5. The first kappa shape index (κ1) is 10.9. The Morgan fingerprint density at radius 2 is 2.13 bits per heavy atom. The first-order chi connectivity index (χ1) is 7.34. The van der Waals surface area contributed by atoms with Crippen LogP contribution in [0.4, 0.5) is 0 Å². The number of hydrogen-bond donors (Lipinski definition) is 0. The standard InChI is InChI=1S/C12H16ClNO/c13-12-8-10(6-7-14-12)9-15-11-4-2-1-3-5-11/h6-8,11H,1-5,9H2. The van der Waals surface area contributed by atoms with Crippen molar-refractivity contribution >= 4 is 11.6 Å². The van der Waals surface area contributed by atoms with Gasteiger partial charge in [0.25, 0.3) is 0 Å². The van der Waals surface area contributed by atoms with Gasteiger partial charge in [-0.25, -0.2) is 4.98 Å². The molecule has 15 heavy (non-hydrogen) atoms. The molecule has 0 aliphatic heterocycles. The largest absolute Gasteiger partial charge is 0.374 e. The highest BCUT2D eigenvalue weighted by Crippen LogP contribution is 2.21. The van der Waals surface area contributed by atoms with Crippen molar-refractivity contribution in [3.8, 4) is 0 Å². The SMILES string of the molecule is Clc1cc(COC2CCCCC2)ccn1. The summed E-state index contributed by atoms with van der Waals surface area (Å²) in [5.74, 6) is 0. The topological polar surface area (TPSA) is 22.1 Å². The van der Waals surface area contributed by atoms with Gasteiger partial charge in [0, 0.05) is 6.20 Å². The fourth-order valence-corrected chi connectivity index (χ4v) is 2.17. The van der Waals surface area contributed by atoms with Crippen molar-refractivity contribution in [1.82, 2.24) is 4.98 Å². The van der Waals surface area contributed by atoms with Crippen molar-refractivity contribution in [3.05, 3.63) is 29.0 Å². The molecule has 2 nitrogen and oxygen atoms in total. The van der Waals surface area contributed by atoms with Gasteiger partial charge in [0.2, 0.25) is 0 Å². The second kappa shape index (κ2) is 5.47. The lowest BCUT2D eigenvalue weighted by Gasteiger charge is -2.21. The summed E-state index contributed by atoms with van der Waals surface area (Å²) >= 11 is 5.80. The van der Waals surface area contributed by atoms with Gasteiger partial charge in [0.1, 0.15) is 5.15 Å². The molecule has 1 aromatic rings. The van der Waals surface area contributed by atoms with Crippen LogP contribution in [-0.4, -0.2) is 11.1 Å². The maximum absolute atomic E-state index is 5.84. The number of hydrogen-bond acceptors (Lipinski definition) is 2. The van der Waals surface area contributed by atoms with Crippen molar-refractivity contribution in [2.45, 2.75) is 44.8 Å². The van der Waals surface area contributed by atoms with E-state index in [0.717, 1.165) is 5.56 Å². The lowest BCUT2D eigenvalue weighted by Crippen LogP contribution is -2.16. The Kier molecular flexibility index (Phi) is 3.98. The highest BCUT2D eigenvalue weighted by molar-refractivity contribution is 6.29. The van der Waals surface area contributed by atoms with Crippen molar-refractivity contribution in [2.24, 2.45) is 0 Å². The van der Waals surface area contributed by atoms with E-state index < -0.39 is 0 Å². The predicted molar refractivity (Wildman–Crippen MR) is 60.9 cm³/mol. The fourth-order valence-electron chi connectivity index (χ4n) is 1.98. The van der Waals surface area contributed by atoms with E-state index in [2.05, 4.69) is 4.98 Å². The van der Waals surface area contributed by atoms with E-state index in [0.29, 0.717) is 17.9 Å². The number of aromatic nitrogens is 1. The molecule has 1 saturated carbocycles. The molecule has 0 spiro atoms. The monoisotopic (exact) mass is 225 g/mol. The zero-order valence-electron chi connectivity index (χ0n) is 8.79. The summed E-state index contributed by atoms with van der Waals surface area (Å²) in [6, 6.07) is 3.82. The average molecular weight is 226 g/mol. The van der Waals surface area contributed by atoms with Gasteiger partial charge in [0.15, 0.2) is 0 Å². The molecule has 3 heteroatoms. The molecule has 0 amide bonds. The van der Waals surface area contributed by atoms with Crippen LogP contribution in [0.5, 0.6) is 0 Å². The Hall–Kier alpha value is -0.600. The maximum atomic E-state index is 5.84. The number of nitrogens with zero attached hydrogens (tertiary/aromatic N) is 1. The van der Waals surface area contributed by atoms with E-state index >= 15 is 0 Å². The zero-order valence-corrected chi connectivity index (χ0v) is 9.54. The van der Waals surface area contributed by atoms with Crippen LogP contribution in [0.25, 0.3) is 0 Å². The highest BCUT2D eigenvalue weighted by Gasteiger charge is 2.13. The van der Waals surface area contributed by atoms with Gasteiger partial charge in [-0.3, -0.25) is 0 Å². The average Bonchev–Trinajstić information content (AvgIpc) is 2.28. The third-order valence-electron chi connectivity index (χ3n) is 2.83. The molecule has 1 aliphatic carbocycles. The summed E-state index contributed by atoms with van der Waals surface area (Å²) < 4.78 is 5.84. The second-order valence-electron chi connectivity index (χ2n) is 4.06. The summed E-state index contributed by atoms with van der Waals surface area (Å²) in [6.45, 7) is 0.660. The smallest absolute Gasteiger partial charge is 0.129 e. The first-order valence-corrected chi connectivity index (χ1v) is 5.94. The number of rotatable bonds is 3.